The second-order valence-corrected chi connectivity index (χ2v) is 7.10. The zero-order valence-corrected chi connectivity index (χ0v) is 16.9. The molecule has 0 aliphatic carbocycles. The molecule has 0 aromatic heterocycles. The van der Waals surface area contributed by atoms with E-state index in [0.717, 1.165) is 11.1 Å². The van der Waals surface area contributed by atoms with Gasteiger partial charge in [0, 0.05) is 0 Å². The van der Waals surface area contributed by atoms with E-state index in [1.54, 1.807) is 12.4 Å². The van der Waals surface area contributed by atoms with E-state index in [2.05, 4.69) is 72.4 Å². The molecule has 28 heavy (non-hydrogen) atoms. The number of benzene rings is 2. The third-order valence-corrected chi connectivity index (χ3v) is 4.21. The van der Waals surface area contributed by atoms with Gasteiger partial charge in [-0.25, -0.2) is 0 Å². The van der Waals surface area contributed by atoms with E-state index in [9.17, 15) is 0 Å². The number of hydrogen-bond acceptors (Lipinski definition) is 4. The van der Waals surface area contributed by atoms with Crippen molar-refractivity contribution >= 4 is 24.1 Å². The van der Waals surface area contributed by atoms with E-state index in [1.807, 2.05) is 24.3 Å². The summed E-state index contributed by atoms with van der Waals surface area (Å²) in [5, 5.41) is 15.6. The van der Waals surface area contributed by atoms with Crippen molar-refractivity contribution in [3.63, 3.8) is 0 Å². The lowest BCUT2D eigenvalue weighted by Crippen LogP contribution is -2.30. The molecule has 0 aliphatic heterocycles. The van der Waals surface area contributed by atoms with Crippen molar-refractivity contribution in [2.24, 2.45) is 31.9 Å². The highest BCUT2D eigenvalue weighted by Crippen LogP contribution is 2.14. The highest BCUT2D eigenvalue weighted by Gasteiger charge is 2.00. The Morgan fingerprint density at radius 2 is 0.964 bits per heavy atom. The van der Waals surface area contributed by atoms with Crippen LogP contribution in [0.2, 0.25) is 0 Å². The van der Waals surface area contributed by atoms with Crippen molar-refractivity contribution in [3.05, 3.63) is 70.8 Å². The summed E-state index contributed by atoms with van der Waals surface area (Å²) < 4.78 is 0. The van der Waals surface area contributed by atoms with E-state index in [-0.39, 0.29) is 11.7 Å². The lowest BCUT2D eigenvalue weighted by atomic mass is 10.0. The molecule has 0 heterocycles. The summed E-state index contributed by atoms with van der Waals surface area (Å²) in [6, 6.07) is 16.2. The average molecular weight is 377 g/mol. The van der Waals surface area contributed by atoms with Crippen molar-refractivity contribution in [1.29, 1.82) is 0 Å². The van der Waals surface area contributed by atoms with Crippen LogP contribution in [0, 0.1) is 0 Å². The van der Waals surface area contributed by atoms with Gasteiger partial charge in [-0.05, 0) is 34.1 Å². The summed E-state index contributed by atoms with van der Waals surface area (Å²) in [6.07, 6.45) is 3.23. The van der Waals surface area contributed by atoms with E-state index >= 15 is 0 Å². The molecule has 0 saturated heterocycles. The number of amidine groups is 2. The highest BCUT2D eigenvalue weighted by atomic mass is 15.3. The van der Waals surface area contributed by atoms with Crippen molar-refractivity contribution in [3.8, 4) is 0 Å². The largest absolute Gasteiger partial charge is 0.379 e. The van der Waals surface area contributed by atoms with Gasteiger partial charge in [0.05, 0.1) is 12.4 Å². The molecule has 6 nitrogen and oxygen atoms in total. The molecule has 0 atom stereocenters. The first-order valence-electron chi connectivity index (χ1n) is 9.30. The molecule has 0 fully saturated rings. The molecule has 0 unspecified atom stereocenters. The Balaban J connectivity index is 1.97. The summed E-state index contributed by atoms with van der Waals surface area (Å²) in [5.41, 5.74) is 16.0. The quantitative estimate of drug-likeness (QED) is 0.452. The second kappa shape index (κ2) is 10.2. The number of nitrogens with zero attached hydrogens (tertiary/aromatic N) is 4. The summed E-state index contributed by atoms with van der Waals surface area (Å²) in [4.78, 5) is 0. The lowest BCUT2D eigenvalue weighted by Gasteiger charge is -2.04. The first-order chi connectivity index (χ1) is 13.4. The van der Waals surface area contributed by atoms with E-state index < -0.39 is 0 Å². The fourth-order valence-electron chi connectivity index (χ4n) is 2.35. The molecule has 2 aromatic carbocycles. The van der Waals surface area contributed by atoms with Crippen molar-refractivity contribution < 1.29 is 0 Å². The van der Waals surface area contributed by atoms with Gasteiger partial charge in [0.25, 0.3) is 0 Å². The fourth-order valence-corrected chi connectivity index (χ4v) is 2.35. The number of hydrogen-bond donors (Lipinski definition) is 2. The predicted octanol–water partition coefficient (Wildman–Crippen LogP) is 4.02. The molecule has 0 aliphatic rings. The van der Waals surface area contributed by atoms with Crippen LogP contribution >= 0.6 is 0 Å². The highest BCUT2D eigenvalue weighted by molar-refractivity contribution is 6.39. The van der Waals surface area contributed by atoms with Crippen LogP contribution < -0.4 is 11.5 Å². The Morgan fingerprint density at radius 3 is 1.25 bits per heavy atom. The van der Waals surface area contributed by atoms with E-state index in [0.29, 0.717) is 11.8 Å². The number of nitrogens with two attached hydrogens (primary N) is 2. The molecule has 0 spiro atoms. The summed E-state index contributed by atoms with van der Waals surface area (Å²) >= 11 is 0. The minimum absolute atomic E-state index is 0.0161. The molecule has 4 N–H and O–H groups in total. The van der Waals surface area contributed by atoms with Crippen molar-refractivity contribution in [2.75, 3.05) is 0 Å². The summed E-state index contributed by atoms with van der Waals surface area (Å²) in [6.45, 7) is 8.61. The molecule has 0 bridgehead atoms. The van der Waals surface area contributed by atoms with Crippen LogP contribution in [0.1, 0.15) is 61.8 Å². The van der Waals surface area contributed by atoms with Crippen LogP contribution in [0.25, 0.3) is 0 Å². The average Bonchev–Trinajstić information content (AvgIpc) is 2.68. The van der Waals surface area contributed by atoms with Crippen molar-refractivity contribution in [1.82, 2.24) is 0 Å². The van der Waals surface area contributed by atoms with Gasteiger partial charge in [-0.15, -0.1) is 10.2 Å². The molecule has 2 rings (SSSR count). The molecule has 146 valence electrons. The van der Waals surface area contributed by atoms with Crippen LogP contribution in [0.15, 0.2) is 68.9 Å². The Bertz CT molecular complexity index is 797. The van der Waals surface area contributed by atoms with Crippen LogP contribution in [-0.2, 0) is 0 Å². The van der Waals surface area contributed by atoms with Gasteiger partial charge >= 0.3 is 0 Å². The van der Waals surface area contributed by atoms with E-state index in [4.69, 9.17) is 11.5 Å². The van der Waals surface area contributed by atoms with Gasteiger partial charge in [-0.3, -0.25) is 0 Å². The Kier molecular flexibility index (Phi) is 7.63. The molecular formula is C22H28N6. The van der Waals surface area contributed by atoms with E-state index in [1.165, 1.54) is 11.1 Å². The predicted molar refractivity (Wildman–Crippen MR) is 119 cm³/mol. The molecule has 0 radical (unpaired) electrons. The molecule has 6 heteroatoms. The van der Waals surface area contributed by atoms with Crippen molar-refractivity contribution in [2.45, 2.75) is 39.5 Å². The number of rotatable bonds is 6. The first-order valence-corrected chi connectivity index (χ1v) is 9.30. The minimum Gasteiger partial charge on any atom is -0.379 e. The zero-order chi connectivity index (χ0) is 20.5. The van der Waals surface area contributed by atoms with Gasteiger partial charge in [-0.1, -0.05) is 76.2 Å². The minimum atomic E-state index is 0.0161. The fraction of sp³-hybridized carbons (Fsp3) is 0.273. The maximum atomic E-state index is 5.78. The van der Waals surface area contributed by atoms with Gasteiger partial charge in [0.2, 0.25) is 0 Å². The normalized spacial score (nSPS) is 13.4. The SMILES string of the molecule is CC(C)c1ccc(/C=N/N=C(N)C(N)=N/N=C/c2ccc(C(C)C)cc2)cc1. The summed E-state index contributed by atoms with van der Waals surface area (Å²) in [5.74, 6) is 1.01. The van der Waals surface area contributed by atoms with Gasteiger partial charge in [0.15, 0.2) is 11.7 Å². The Morgan fingerprint density at radius 1 is 0.643 bits per heavy atom. The topological polar surface area (TPSA) is 101 Å². The smallest absolute Gasteiger partial charge is 0.190 e. The van der Waals surface area contributed by atoms with Gasteiger partial charge < -0.3 is 11.5 Å². The molecule has 2 aromatic rings. The zero-order valence-electron chi connectivity index (χ0n) is 16.9. The van der Waals surface area contributed by atoms with Crippen LogP contribution in [0.4, 0.5) is 0 Å². The second-order valence-electron chi connectivity index (χ2n) is 7.10. The lowest BCUT2D eigenvalue weighted by molar-refractivity contribution is 0.866. The van der Waals surface area contributed by atoms with Crippen LogP contribution in [0.5, 0.6) is 0 Å². The maximum Gasteiger partial charge on any atom is 0.190 e. The maximum absolute atomic E-state index is 5.78. The Hall–Kier alpha value is -3.28. The molecule has 0 amide bonds. The Labute approximate surface area is 166 Å². The van der Waals surface area contributed by atoms with Crippen LogP contribution in [-0.4, -0.2) is 24.1 Å². The first kappa shape index (κ1) is 21.0. The molecular weight excluding hydrogens is 348 g/mol. The van der Waals surface area contributed by atoms with Gasteiger partial charge in [-0.2, -0.15) is 10.2 Å². The third kappa shape index (κ3) is 6.46. The molecule has 0 saturated carbocycles. The monoisotopic (exact) mass is 376 g/mol. The third-order valence-electron chi connectivity index (χ3n) is 4.21. The van der Waals surface area contributed by atoms with Gasteiger partial charge in [0.1, 0.15) is 0 Å². The standard InChI is InChI=1S/C22H28N6/c1-15(2)19-9-5-17(6-10-19)13-25-27-21(23)22(24)28-26-14-18-7-11-20(12-8-18)16(3)4/h5-16H,1-4H3,(H2,23,27)(H2,24,28)/b25-13+,26-14+. The van der Waals surface area contributed by atoms with Crippen LogP contribution in [0.3, 0.4) is 0 Å². The summed E-state index contributed by atoms with van der Waals surface area (Å²) in [7, 11) is 0.